The fraction of sp³-hybridized carbons (Fsp3) is 0. The second-order valence-corrected chi connectivity index (χ2v) is 6.00. The first-order chi connectivity index (χ1) is 11.6. The molecule has 1 aromatic carbocycles. The number of fused-ring (bicyclic) bond motifs is 1. The van der Waals surface area contributed by atoms with Gasteiger partial charge in [-0.05, 0) is 63.5 Å². The van der Waals surface area contributed by atoms with Crippen LogP contribution in [0.1, 0.15) is 10.4 Å². The third-order valence-corrected chi connectivity index (χ3v) is 4.07. The number of anilines is 1. The number of furan rings is 1. The van der Waals surface area contributed by atoms with Crippen LogP contribution in [-0.4, -0.2) is 20.9 Å². The van der Waals surface area contributed by atoms with E-state index in [0.29, 0.717) is 33.2 Å². The number of nitrogens with zero attached hydrogens (tertiary/aromatic N) is 3. The smallest absolute Gasteiger partial charge is 0.217 e. The lowest BCUT2D eigenvalue weighted by molar-refractivity contribution is 0.112. The number of hydrogen-bond donors (Lipinski definition) is 1. The molecule has 0 radical (unpaired) electrons. The van der Waals surface area contributed by atoms with Crippen LogP contribution < -0.4 is 5.73 Å². The van der Waals surface area contributed by atoms with E-state index in [1.807, 2.05) is 18.2 Å². The van der Waals surface area contributed by atoms with Crippen LogP contribution in [0.4, 0.5) is 5.69 Å². The second kappa shape index (κ2) is 5.61. The maximum absolute atomic E-state index is 11.3. The lowest BCUT2D eigenvalue weighted by atomic mass is 10.0. The average molecular weight is 383 g/mol. The Bertz CT molecular complexity index is 1070. The summed E-state index contributed by atoms with van der Waals surface area (Å²) < 4.78 is 7.76. The van der Waals surface area contributed by atoms with E-state index in [1.54, 1.807) is 35.0 Å². The van der Waals surface area contributed by atoms with Gasteiger partial charge in [-0.3, -0.25) is 4.79 Å². The molecule has 3 heterocycles. The number of pyridine rings is 1. The van der Waals surface area contributed by atoms with Crippen molar-refractivity contribution in [1.29, 1.82) is 0 Å². The maximum Gasteiger partial charge on any atom is 0.217 e. The molecule has 3 aromatic heterocycles. The molecule has 7 heteroatoms. The highest BCUT2D eigenvalue weighted by atomic mass is 79.9. The molecule has 0 atom stereocenters. The Morgan fingerprint density at radius 2 is 2.04 bits per heavy atom. The van der Waals surface area contributed by atoms with E-state index in [1.165, 1.54) is 0 Å². The molecule has 0 aliphatic heterocycles. The summed E-state index contributed by atoms with van der Waals surface area (Å²) in [5.41, 5.74) is 9.15. The summed E-state index contributed by atoms with van der Waals surface area (Å²) in [6, 6.07) is 12.6. The van der Waals surface area contributed by atoms with E-state index >= 15 is 0 Å². The highest BCUT2D eigenvalue weighted by molar-refractivity contribution is 9.10. The van der Waals surface area contributed by atoms with E-state index in [2.05, 4.69) is 26.0 Å². The standard InChI is InChI=1S/C17H11BrN4O2/c18-15-4-3-14(24-15)17-20-16-8-10(5-6-22(16)21-17)13-2-1-12(19)7-11(13)9-23/h1-9H,19H2. The second-order valence-electron chi connectivity index (χ2n) is 5.22. The van der Waals surface area contributed by atoms with Gasteiger partial charge in [0.15, 0.2) is 22.4 Å². The van der Waals surface area contributed by atoms with Crippen molar-refractivity contribution in [3.63, 3.8) is 0 Å². The van der Waals surface area contributed by atoms with Crippen molar-refractivity contribution in [1.82, 2.24) is 14.6 Å². The molecule has 4 rings (SSSR count). The van der Waals surface area contributed by atoms with Gasteiger partial charge >= 0.3 is 0 Å². The number of halogens is 1. The van der Waals surface area contributed by atoms with Crippen LogP contribution in [0.3, 0.4) is 0 Å². The van der Waals surface area contributed by atoms with Gasteiger partial charge in [0, 0.05) is 17.4 Å². The Morgan fingerprint density at radius 3 is 2.79 bits per heavy atom. The van der Waals surface area contributed by atoms with Gasteiger partial charge in [0.1, 0.15) is 0 Å². The number of aldehydes is 1. The molecule has 118 valence electrons. The fourth-order valence-corrected chi connectivity index (χ4v) is 2.84. The molecule has 0 saturated carbocycles. The molecule has 0 saturated heterocycles. The molecular formula is C17H11BrN4O2. The van der Waals surface area contributed by atoms with Crippen LogP contribution in [-0.2, 0) is 0 Å². The maximum atomic E-state index is 11.3. The minimum Gasteiger partial charge on any atom is -0.446 e. The van der Waals surface area contributed by atoms with E-state index in [9.17, 15) is 4.79 Å². The molecule has 0 aliphatic carbocycles. The molecule has 4 aromatic rings. The monoisotopic (exact) mass is 382 g/mol. The first-order valence-electron chi connectivity index (χ1n) is 7.11. The molecule has 0 spiro atoms. The van der Waals surface area contributed by atoms with Gasteiger partial charge in [-0.2, -0.15) is 0 Å². The lowest BCUT2D eigenvalue weighted by Crippen LogP contribution is -1.93. The van der Waals surface area contributed by atoms with Gasteiger partial charge in [-0.15, -0.1) is 5.10 Å². The Kier molecular flexibility index (Phi) is 3.42. The summed E-state index contributed by atoms with van der Waals surface area (Å²) in [5.74, 6) is 1.07. The first-order valence-corrected chi connectivity index (χ1v) is 7.90. The molecular weight excluding hydrogens is 372 g/mol. The van der Waals surface area contributed by atoms with Gasteiger partial charge in [0.25, 0.3) is 0 Å². The number of rotatable bonds is 3. The van der Waals surface area contributed by atoms with Gasteiger partial charge in [0.2, 0.25) is 5.82 Å². The van der Waals surface area contributed by atoms with Crippen molar-refractivity contribution in [2.24, 2.45) is 0 Å². The highest BCUT2D eigenvalue weighted by Gasteiger charge is 2.12. The summed E-state index contributed by atoms with van der Waals surface area (Å²) in [6.45, 7) is 0. The molecule has 0 fully saturated rings. The number of aromatic nitrogens is 3. The van der Waals surface area contributed by atoms with E-state index in [-0.39, 0.29) is 0 Å². The van der Waals surface area contributed by atoms with Crippen LogP contribution in [0.2, 0.25) is 0 Å². The third kappa shape index (κ3) is 2.48. The van der Waals surface area contributed by atoms with Gasteiger partial charge in [-0.1, -0.05) is 6.07 Å². The number of carbonyl (C=O) groups excluding carboxylic acids is 1. The van der Waals surface area contributed by atoms with E-state index in [0.717, 1.165) is 17.4 Å². The zero-order valence-electron chi connectivity index (χ0n) is 12.3. The topological polar surface area (TPSA) is 86.4 Å². The summed E-state index contributed by atoms with van der Waals surface area (Å²) in [4.78, 5) is 15.8. The minimum atomic E-state index is 0.491. The largest absolute Gasteiger partial charge is 0.446 e. The van der Waals surface area contributed by atoms with Crippen LogP contribution in [0, 0.1) is 0 Å². The summed E-state index contributed by atoms with van der Waals surface area (Å²) in [5, 5.41) is 4.39. The first kappa shape index (κ1) is 14.6. The number of hydrogen-bond acceptors (Lipinski definition) is 5. The molecule has 0 amide bonds. The normalized spacial score (nSPS) is 11.0. The predicted octanol–water partition coefficient (Wildman–Crippen LogP) is 3.81. The summed E-state index contributed by atoms with van der Waals surface area (Å²) in [7, 11) is 0. The van der Waals surface area contributed by atoms with Crippen molar-refractivity contribution in [2.45, 2.75) is 0 Å². The minimum absolute atomic E-state index is 0.491. The van der Waals surface area contributed by atoms with Crippen molar-refractivity contribution in [3.8, 4) is 22.7 Å². The van der Waals surface area contributed by atoms with Crippen molar-refractivity contribution < 1.29 is 9.21 Å². The van der Waals surface area contributed by atoms with Crippen molar-refractivity contribution in [3.05, 3.63) is 58.9 Å². The zero-order valence-corrected chi connectivity index (χ0v) is 13.9. The molecule has 0 unspecified atom stereocenters. The van der Waals surface area contributed by atoms with Crippen molar-refractivity contribution in [2.75, 3.05) is 5.73 Å². The summed E-state index contributed by atoms with van der Waals surface area (Å²) in [6.07, 6.45) is 2.59. The number of nitrogen functional groups attached to an aromatic ring is 1. The fourth-order valence-electron chi connectivity index (χ4n) is 2.53. The Balaban J connectivity index is 1.83. The number of nitrogens with two attached hydrogens (primary N) is 1. The number of benzene rings is 1. The van der Waals surface area contributed by atoms with E-state index in [4.69, 9.17) is 10.2 Å². The predicted molar refractivity (Wildman–Crippen MR) is 93.6 cm³/mol. The lowest BCUT2D eigenvalue weighted by Gasteiger charge is -2.06. The average Bonchev–Trinajstić information content (AvgIpc) is 3.19. The molecule has 0 aliphatic rings. The van der Waals surface area contributed by atoms with Crippen LogP contribution in [0.5, 0.6) is 0 Å². The summed E-state index contributed by atoms with van der Waals surface area (Å²) >= 11 is 3.26. The molecule has 2 N–H and O–H groups in total. The molecule has 6 nitrogen and oxygen atoms in total. The Morgan fingerprint density at radius 1 is 1.17 bits per heavy atom. The van der Waals surface area contributed by atoms with Gasteiger partial charge < -0.3 is 10.2 Å². The van der Waals surface area contributed by atoms with Gasteiger partial charge in [-0.25, -0.2) is 9.50 Å². The third-order valence-electron chi connectivity index (χ3n) is 3.64. The van der Waals surface area contributed by atoms with E-state index < -0.39 is 0 Å². The number of carbonyl (C=O) groups is 1. The van der Waals surface area contributed by atoms with Crippen LogP contribution in [0.15, 0.2) is 57.7 Å². The van der Waals surface area contributed by atoms with Crippen LogP contribution >= 0.6 is 15.9 Å². The van der Waals surface area contributed by atoms with Gasteiger partial charge in [0.05, 0.1) is 0 Å². The SMILES string of the molecule is Nc1ccc(-c2ccn3nc(-c4ccc(Br)o4)nc3c2)c(C=O)c1. The molecule has 0 bridgehead atoms. The quantitative estimate of drug-likeness (QED) is 0.429. The molecule has 24 heavy (non-hydrogen) atoms. The van der Waals surface area contributed by atoms with Crippen molar-refractivity contribution >= 4 is 33.6 Å². The Labute approximate surface area is 145 Å². The van der Waals surface area contributed by atoms with Crippen LogP contribution in [0.25, 0.3) is 28.4 Å². The highest BCUT2D eigenvalue weighted by Crippen LogP contribution is 2.27. The zero-order chi connectivity index (χ0) is 16.7. The Hall–Kier alpha value is -2.93.